The molecule has 36 heavy (non-hydrogen) atoms. The second-order valence-electron chi connectivity index (χ2n) is 10.2. The van der Waals surface area contributed by atoms with E-state index >= 15 is 0 Å². The molecule has 2 amide bonds. The van der Waals surface area contributed by atoms with Gasteiger partial charge in [0.1, 0.15) is 5.78 Å². The van der Waals surface area contributed by atoms with Crippen molar-refractivity contribution in [3.63, 3.8) is 0 Å². The maximum atomic E-state index is 13.4. The number of likely N-dealkylation sites (N-methyl/N-ethyl adjacent to an activating group) is 1. The van der Waals surface area contributed by atoms with E-state index in [4.69, 9.17) is 12.3 Å². The lowest BCUT2D eigenvalue weighted by Crippen LogP contribution is -2.50. The molecule has 0 radical (unpaired) electrons. The minimum absolute atomic E-state index is 0.0114. The highest BCUT2D eigenvalue weighted by molar-refractivity contribution is 6.38. The zero-order valence-electron chi connectivity index (χ0n) is 22.2. The number of rotatable bonds is 18. The maximum Gasteiger partial charge on any atom is 0.289 e. The average molecular weight is 504 g/mol. The fourth-order valence-electron chi connectivity index (χ4n) is 4.94. The van der Waals surface area contributed by atoms with Crippen LogP contribution in [0, 0.1) is 30.2 Å². The zero-order chi connectivity index (χ0) is 27.1. The van der Waals surface area contributed by atoms with Gasteiger partial charge in [0.15, 0.2) is 0 Å². The van der Waals surface area contributed by atoms with Crippen molar-refractivity contribution < 1.29 is 19.2 Å². The fourth-order valence-corrected chi connectivity index (χ4v) is 4.94. The van der Waals surface area contributed by atoms with Gasteiger partial charge in [0.2, 0.25) is 18.2 Å². The molecule has 0 aliphatic heterocycles. The molecule has 202 valence electrons. The smallest absolute Gasteiger partial charge is 0.289 e. The summed E-state index contributed by atoms with van der Waals surface area (Å²) < 4.78 is 0. The highest BCUT2D eigenvalue weighted by atomic mass is 16.2. The van der Waals surface area contributed by atoms with Gasteiger partial charge in [0.05, 0.1) is 11.9 Å². The Kier molecular flexibility index (Phi) is 14.5. The lowest BCUT2D eigenvalue weighted by Gasteiger charge is -2.25. The number of nitrogens with zero attached hydrogens (tertiary/aromatic N) is 1. The highest BCUT2D eigenvalue weighted by Crippen LogP contribution is 2.35. The van der Waals surface area contributed by atoms with Crippen molar-refractivity contribution in [2.45, 2.75) is 84.6 Å². The summed E-state index contributed by atoms with van der Waals surface area (Å²) in [5.74, 6) is -1.97. The van der Waals surface area contributed by atoms with Crippen molar-refractivity contribution in [1.29, 1.82) is 0 Å². The summed E-state index contributed by atoms with van der Waals surface area (Å²) in [6.07, 6.45) is 6.02. The summed E-state index contributed by atoms with van der Waals surface area (Å²) in [4.78, 5) is 55.2. The Morgan fingerprint density at radius 2 is 1.78 bits per heavy atom. The van der Waals surface area contributed by atoms with Crippen LogP contribution in [-0.2, 0) is 19.2 Å². The molecule has 9 nitrogen and oxygen atoms in total. The van der Waals surface area contributed by atoms with Crippen LogP contribution in [-0.4, -0.2) is 49.1 Å². The molecule has 0 saturated heterocycles. The molecule has 0 aromatic rings. The molecule has 1 unspecified atom stereocenters. The summed E-state index contributed by atoms with van der Waals surface area (Å²) in [5, 5.41) is 8.22. The summed E-state index contributed by atoms with van der Waals surface area (Å²) in [5.41, 5.74) is 5.57. The Bertz CT molecular complexity index is 798. The first kappa shape index (κ1) is 31.1. The van der Waals surface area contributed by atoms with Gasteiger partial charge in [-0.05, 0) is 50.9 Å². The van der Waals surface area contributed by atoms with Crippen LogP contribution in [0.5, 0.6) is 0 Å². The van der Waals surface area contributed by atoms with Crippen LogP contribution in [0.25, 0.3) is 4.85 Å². The Hall–Kier alpha value is -2.89. The second-order valence-corrected chi connectivity index (χ2v) is 10.2. The Labute approximate surface area is 216 Å². The number of ketones is 2. The van der Waals surface area contributed by atoms with E-state index in [9.17, 15) is 19.2 Å². The van der Waals surface area contributed by atoms with E-state index in [1.54, 1.807) is 6.92 Å². The summed E-state index contributed by atoms with van der Waals surface area (Å²) in [6, 6.07) is -0.948. The number of carbonyl (C=O) groups excluding carboxylic acids is 4. The fraction of sp³-hybridized carbons (Fsp3) is 0.741. The van der Waals surface area contributed by atoms with Crippen molar-refractivity contribution in [2.24, 2.45) is 29.4 Å². The number of Topliss-reactive ketones (excluding diaryl/α,β-unsaturated/α-hetero) is 2. The molecule has 1 fully saturated rings. The predicted molar refractivity (Wildman–Crippen MR) is 140 cm³/mol. The third-order valence-corrected chi connectivity index (χ3v) is 6.74. The molecule has 1 aliphatic carbocycles. The van der Waals surface area contributed by atoms with Gasteiger partial charge in [-0.15, -0.1) is 0 Å². The van der Waals surface area contributed by atoms with E-state index in [-0.39, 0.29) is 30.0 Å². The number of nitrogens with one attached hydrogen (secondary N) is 3. The molecule has 5 N–H and O–H groups in total. The second kappa shape index (κ2) is 16.7. The van der Waals surface area contributed by atoms with Crippen LogP contribution in [0.1, 0.15) is 78.6 Å². The van der Waals surface area contributed by atoms with Gasteiger partial charge in [-0.3, -0.25) is 19.2 Å². The SMILES string of the molecule is [C-]#[N+]CCC(C(=O)C[C@@H](CCCNC(=C)N)C(=O)N[C@@H](CC(C)C)C(=O)C(=O)NCC)C1CCCC1. The minimum atomic E-state index is -0.948. The van der Waals surface area contributed by atoms with Gasteiger partial charge in [-0.1, -0.05) is 33.3 Å². The third kappa shape index (κ3) is 11.2. The van der Waals surface area contributed by atoms with Gasteiger partial charge >= 0.3 is 0 Å². The van der Waals surface area contributed by atoms with Crippen molar-refractivity contribution in [2.75, 3.05) is 19.6 Å². The predicted octanol–water partition coefficient (Wildman–Crippen LogP) is 2.71. The highest BCUT2D eigenvalue weighted by Gasteiger charge is 2.35. The normalized spacial score (nSPS) is 16.0. The first-order chi connectivity index (χ1) is 17.1. The van der Waals surface area contributed by atoms with Gasteiger partial charge < -0.3 is 26.5 Å². The first-order valence-corrected chi connectivity index (χ1v) is 13.3. The van der Waals surface area contributed by atoms with Crippen LogP contribution in [0.2, 0.25) is 0 Å². The van der Waals surface area contributed by atoms with Crippen LogP contribution in [0.4, 0.5) is 0 Å². The van der Waals surface area contributed by atoms with Crippen LogP contribution in [0.15, 0.2) is 12.4 Å². The standard InChI is InChI=1S/C27H45N5O4/c1-6-30-27(36)25(34)23(16-18(2)3)32-26(35)21(12-9-14-31-19(4)28)17-24(33)22(13-15-29-5)20-10-7-8-11-20/h18,20-23,31H,4,6-17,28H2,1-3H3,(H,30,36)(H,32,35)/t21-,22?,23+/m1/s1. The lowest BCUT2D eigenvalue weighted by atomic mass is 9.80. The van der Waals surface area contributed by atoms with Crippen LogP contribution < -0.4 is 21.7 Å². The van der Waals surface area contributed by atoms with Crippen molar-refractivity contribution in [3.05, 3.63) is 23.8 Å². The van der Waals surface area contributed by atoms with E-state index < -0.39 is 29.6 Å². The number of hydrogen-bond donors (Lipinski definition) is 4. The Balaban J connectivity index is 3.03. The molecule has 0 aromatic heterocycles. The van der Waals surface area contributed by atoms with E-state index in [1.165, 1.54) is 0 Å². The molecular weight excluding hydrogens is 458 g/mol. The van der Waals surface area contributed by atoms with Gasteiger partial charge in [0.25, 0.3) is 5.91 Å². The minimum Gasteiger partial charge on any atom is -0.386 e. The number of hydrogen-bond acceptors (Lipinski definition) is 6. The van der Waals surface area contributed by atoms with E-state index in [0.717, 1.165) is 25.7 Å². The number of nitrogens with two attached hydrogens (primary N) is 1. The molecule has 1 aliphatic rings. The van der Waals surface area contributed by atoms with Gasteiger partial charge in [0, 0.05) is 37.8 Å². The van der Waals surface area contributed by atoms with Gasteiger partial charge in [-0.25, -0.2) is 6.57 Å². The van der Waals surface area contributed by atoms with Crippen molar-refractivity contribution in [1.82, 2.24) is 16.0 Å². The van der Waals surface area contributed by atoms with Crippen molar-refractivity contribution >= 4 is 23.4 Å². The third-order valence-electron chi connectivity index (χ3n) is 6.74. The molecule has 3 atom stereocenters. The summed E-state index contributed by atoms with van der Waals surface area (Å²) >= 11 is 0. The average Bonchev–Trinajstić information content (AvgIpc) is 3.34. The summed E-state index contributed by atoms with van der Waals surface area (Å²) in [7, 11) is 0. The van der Waals surface area contributed by atoms with Crippen LogP contribution >= 0.6 is 0 Å². The van der Waals surface area contributed by atoms with E-state index in [0.29, 0.717) is 51.1 Å². The van der Waals surface area contributed by atoms with Crippen molar-refractivity contribution in [3.8, 4) is 0 Å². The quantitative estimate of drug-likeness (QED) is 0.129. The molecule has 1 rings (SSSR count). The summed E-state index contributed by atoms with van der Waals surface area (Å²) in [6.45, 7) is 17.4. The van der Waals surface area contributed by atoms with E-state index in [1.807, 2.05) is 13.8 Å². The molecule has 0 spiro atoms. The van der Waals surface area contributed by atoms with Crippen LogP contribution in [0.3, 0.4) is 0 Å². The maximum absolute atomic E-state index is 13.4. The first-order valence-electron chi connectivity index (χ1n) is 13.3. The topological polar surface area (TPSA) is 135 Å². The molecular formula is C27H45N5O4. The molecule has 0 bridgehead atoms. The molecule has 9 heteroatoms. The Morgan fingerprint density at radius 1 is 1.11 bits per heavy atom. The van der Waals surface area contributed by atoms with E-state index in [2.05, 4.69) is 27.4 Å². The molecule has 0 aromatic carbocycles. The Morgan fingerprint density at radius 3 is 2.33 bits per heavy atom. The number of carbonyl (C=O) groups is 4. The lowest BCUT2D eigenvalue weighted by molar-refractivity contribution is -0.141. The monoisotopic (exact) mass is 503 g/mol. The zero-order valence-corrected chi connectivity index (χ0v) is 22.2. The van der Waals surface area contributed by atoms with Gasteiger partial charge in [-0.2, -0.15) is 0 Å². The molecule has 1 saturated carbocycles. The number of amides is 2. The molecule has 0 heterocycles. The largest absolute Gasteiger partial charge is 0.386 e.